The fourth-order valence-corrected chi connectivity index (χ4v) is 4.96. The van der Waals surface area contributed by atoms with Gasteiger partial charge in [0.25, 0.3) is 17.7 Å². The van der Waals surface area contributed by atoms with E-state index in [1.165, 1.54) is 18.2 Å². The number of likely N-dealkylation sites (tertiary alicyclic amines) is 1. The molecule has 0 aliphatic carbocycles. The molecule has 4 rings (SSSR count). The molecular weight excluding hydrogens is 532 g/mol. The number of amides is 3. The zero-order chi connectivity index (χ0) is 29.7. The summed E-state index contributed by atoms with van der Waals surface area (Å²) in [4.78, 5) is 40.4. The molecule has 8 nitrogen and oxygen atoms in total. The van der Waals surface area contributed by atoms with Gasteiger partial charge in [0.15, 0.2) is 6.10 Å². The third-order valence-electron chi connectivity index (χ3n) is 7.37. The number of hydrogen-bond donors (Lipinski definition) is 4. The smallest absolute Gasteiger partial charge is 0.267 e. The van der Waals surface area contributed by atoms with Crippen LogP contribution in [0.2, 0.25) is 0 Å². The lowest BCUT2D eigenvalue weighted by Crippen LogP contribution is -2.56. The van der Waals surface area contributed by atoms with E-state index in [9.17, 15) is 33.4 Å². The van der Waals surface area contributed by atoms with Gasteiger partial charge in [-0.25, -0.2) is 8.78 Å². The first-order valence-electron chi connectivity index (χ1n) is 13.3. The number of nitrogens with one attached hydrogen (secondary N) is 2. The SMILES string of the molecule is Cc1ccccc1CNC(=O)C1CC(F)(F)CN1C(=O)C(O)C(Cc1ccccc1)NC(=O)c1cccc(O)c1C. The van der Waals surface area contributed by atoms with Gasteiger partial charge in [0, 0.05) is 24.1 Å². The number of halogens is 2. The molecule has 0 aromatic heterocycles. The average Bonchev–Trinajstić information content (AvgIpc) is 3.28. The number of aromatic hydroxyl groups is 1. The Morgan fingerprint density at radius 2 is 1.68 bits per heavy atom. The van der Waals surface area contributed by atoms with E-state index in [2.05, 4.69) is 10.6 Å². The predicted octanol–water partition coefficient (Wildman–Crippen LogP) is 3.26. The number of aliphatic hydroxyl groups excluding tert-OH is 1. The lowest BCUT2D eigenvalue weighted by Gasteiger charge is -2.30. The van der Waals surface area contributed by atoms with Gasteiger partial charge in [-0.3, -0.25) is 14.4 Å². The third-order valence-corrected chi connectivity index (χ3v) is 7.37. The normalized spacial score (nSPS) is 17.5. The molecule has 3 aromatic carbocycles. The van der Waals surface area contributed by atoms with Gasteiger partial charge in [-0.15, -0.1) is 0 Å². The van der Waals surface area contributed by atoms with Crippen LogP contribution >= 0.6 is 0 Å². The minimum absolute atomic E-state index is 0.00568. The van der Waals surface area contributed by atoms with Crippen LogP contribution < -0.4 is 10.6 Å². The van der Waals surface area contributed by atoms with E-state index in [0.717, 1.165) is 11.1 Å². The highest BCUT2D eigenvalue weighted by molar-refractivity contribution is 5.97. The van der Waals surface area contributed by atoms with Crippen molar-refractivity contribution >= 4 is 17.7 Å². The number of rotatable bonds is 9. The average molecular weight is 566 g/mol. The number of carbonyl (C=O) groups is 3. The molecule has 3 aromatic rings. The van der Waals surface area contributed by atoms with Crippen molar-refractivity contribution in [2.24, 2.45) is 0 Å². The monoisotopic (exact) mass is 565 g/mol. The molecule has 0 saturated carbocycles. The summed E-state index contributed by atoms with van der Waals surface area (Å²) in [6, 6.07) is 17.7. The van der Waals surface area contributed by atoms with Crippen LogP contribution in [-0.4, -0.2) is 63.5 Å². The molecule has 4 N–H and O–H groups in total. The number of benzene rings is 3. The van der Waals surface area contributed by atoms with Crippen molar-refractivity contribution in [1.29, 1.82) is 0 Å². The van der Waals surface area contributed by atoms with Gasteiger partial charge >= 0.3 is 0 Å². The molecule has 0 spiro atoms. The predicted molar refractivity (Wildman–Crippen MR) is 148 cm³/mol. The Morgan fingerprint density at radius 3 is 2.39 bits per heavy atom. The molecule has 10 heteroatoms. The Morgan fingerprint density at radius 1 is 1.00 bits per heavy atom. The van der Waals surface area contributed by atoms with Crippen LogP contribution in [0.1, 0.15) is 39.0 Å². The number of nitrogens with zero attached hydrogens (tertiary/aromatic N) is 1. The summed E-state index contributed by atoms with van der Waals surface area (Å²) >= 11 is 0. The van der Waals surface area contributed by atoms with Gasteiger partial charge in [0.2, 0.25) is 5.91 Å². The van der Waals surface area contributed by atoms with Crippen LogP contribution in [0.4, 0.5) is 8.78 Å². The minimum atomic E-state index is -3.34. The van der Waals surface area contributed by atoms with Gasteiger partial charge in [-0.2, -0.15) is 0 Å². The molecule has 0 bridgehead atoms. The van der Waals surface area contributed by atoms with Crippen molar-refractivity contribution in [3.05, 3.63) is 101 Å². The van der Waals surface area contributed by atoms with Crippen molar-refractivity contribution in [2.45, 2.75) is 57.3 Å². The molecule has 216 valence electrons. The molecule has 1 heterocycles. The van der Waals surface area contributed by atoms with Crippen molar-refractivity contribution in [1.82, 2.24) is 15.5 Å². The van der Waals surface area contributed by atoms with Crippen LogP contribution in [-0.2, 0) is 22.6 Å². The molecule has 0 radical (unpaired) electrons. The lowest BCUT2D eigenvalue weighted by atomic mass is 9.98. The molecule has 1 fully saturated rings. The first kappa shape index (κ1) is 29.7. The molecule has 41 heavy (non-hydrogen) atoms. The van der Waals surface area contributed by atoms with E-state index >= 15 is 0 Å². The summed E-state index contributed by atoms with van der Waals surface area (Å²) in [5, 5.41) is 26.5. The summed E-state index contributed by atoms with van der Waals surface area (Å²) in [5.41, 5.74) is 2.82. The maximum atomic E-state index is 14.6. The maximum absolute atomic E-state index is 14.6. The highest BCUT2D eigenvalue weighted by Gasteiger charge is 2.51. The number of carbonyl (C=O) groups excluding carboxylic acids is 3. The number of phenols is 1. The Balaban J connectivity index is 1.55. The lowest BCUT2D eigenvalue weighted by molar-refractivity contribution is -0.147. The van der Waals surface area contributed by atoms with E-state index < -0.39 is 54.8 Å². The Bertz CT molecular complexity index is 1420. The number of hydrogen-bond acceptors (Lipinski definition) is 5. The summed E-state index contributed by atoms with van der Waals surface area (Å²) in [6.07, 6.45) is -2.81. The standard InChI is InChI=1S/C31H33F2N3O5/c1-19-9-6-7-12-22(19)17-34-29(40)25-16-31(32,33)18-36(25)30(41)27(38)24(15-21-10-4-3-5-11-21)35-28(39)23-13-8-14-26(37)20(23)2/h3-14,24-25,27,37-38H,15-18H2,1-2H3,(H,34,40)(H,35,39). The summed E-state index contributed by atoms with van der Waals surface area (Å²) in [7, 11) is 0. The number of aliphatic hydroxyl groups is 1. The van der Waals surface area contributed by atoms with E-state index in [1.54, 1.807) is 49.4 Å². The zero-order valence-electron chi connectivity index (χ0n) is 22.8. The number of aryl methyl sites for hydroxylation is 1. The van der Waals surface area contributed by atoms with E-state index in [0.29, 0.717) is 16.0 Å². The Labute approximate surface area is 237 Å². The van der Waals surface area contributed by atoms with Crippen LogP contribution in [0.5, 0.6) is 5.75 Å². The first-order chi connectivity index (χ1) is 19.5. The molecule has 3 amide bonds. The van der Waals surface area contributed by atoms with Gasteiger partial charge < -0.3 is 25.7 Å². The van der Waals surface area contributed by atoms with Gasteiger partial charge in [-0.05, 0) is 49.1 Å². The second kappa shape index (κ2) is 12.5. The molecular formula is C31H33F2N3O5. The molecule has 1 saturated heterocycles. The highest BCUT2D eigenvalue weighted by atomic mass is 19.3. The second-order valence-electron chi connectivity index (χ2n) is 10.4. The van der Waals surface area contributed by atoms with Gasteiger partial charge in [-0.1, -0.05) is 60.7 Å². The quantitative estimate of drug-likeness (QED) is 0.318. The van der Waals surface area contributed by atoms with E-state index in [1.807, 2.05) is 19.1 Å². The number of alkyl halides is 2. The molecule has 1 aliphatic heterocycles. The summed E-state index contributed by atoms with van der Waals surface area (Å²) in [5.74, 6) is -5.95. The third kappa shape index (κ3) is 7.07. The highest BCUT2D eigenvalue weighted by Crippen LogP contribution is 2.33. The van der Waals surface area contributed by atoms with Crippen LogP contribution in [0.3, 0.4) is 0 Å². The van der Waals surface area contributed by atoms with Crippen LogP contribution in [0.25, 0.3) is 0 Å². The Kier molecular flexibility index (Phi) is 9.02. The second-order valence-corrected chi connectivity index (χ2v) is 10.4. The first-order valence-corrected chi connectivity index (χ1v) is 13.3. The van der Waals surface area contributed by atoms with Gasteiger partial charge in [0.1, 0.15) is 11.8 Å². The molecule has 3 atom stereocenters. The van der Waals surface area contributed by atoms with Crippen molar-refractivity contribution < 1.29 is 33.4 Å². The van der Waals surface area contributed by atoms with Crippen molar-refractivity contribution in [2.75, 3.05) is 6.54 Å². The Hall–Kier alpha value is -4.31. The largest absolute Gasteiger partial charge is 0.508 e. The van der Waals surface area contributed by atoms with Crippen molar-refractivity contribution in [3.8, 4) is 5.75 Å². The topological polar surface area (TPSA) is 119 Å². The summed E-state index contributed by atoms with van der Waals surface area (Å²) < 4.78 is 29.1. The minimum Gasteiger partial charge on any atom is -0.508 e. The fraction of sp³-hybridized carbons (Fsp3) is 0.323. The zero-order valence-corrected chi connectivity index (χ0v) is 22.8. The fourth-order valence-electron chi connectivity index (χ4n) is 4.96. The van der Waals surface area contributed by atoms with Crippen LogP contribution in [0.15, 0.2) is 72.8 Å². The van der Waals surface area contributed by atoms with E-state index in [-0.39, 0.29) is 24.3 Å². The van der Waals surface area contributed by atoms with Gasteiger partial charge in [0.05, 0.1) is 12.6 Å². The maximum Gasteiger partial charge on any atom is 0.267 e. The van der Waals surface area contributed by atoms with Crippen LogP contribution in [0, 0.1) is 13.8 Å². The summed E-state index contributed by atoms with van der Waals surface area (Å²) in [6.45, 7) is 2.46. The van der Waals surface area contributed by atoms with Crippen molar-refractivity contribution in [3.63, 3.8) is 0 Å². The molecule has 3 unspecified atom stereocenters. The molecule has 1 aliphatic rings. The van der Waals surface area contributed by atoms with E-state index in [4.69, 9.17) is 0 Å². The number of phenolic OH excluding ortho intramolecular Hbond substituents is 1.